The van der Waals surface area contributed by atoms with Crippen molar-refractivity contribution in [2.45, 2.75) is 70.4 Å². The van der Waals surface area contributed by atoms with E-state index in [2.05, 4.69) is 24.1 Å². The SMILES string of the molecule is CC1(C)CCCN1CCCNC1CCCC1. The molecule has 2 fully saturated rings. The van der Waals surface area contributed by atoms with Crippen LogP contribution in [0.5, 0.6) is 0 Å². The average Bonchev–Trinajstić information content (AvgIpc) is 2.83. The lowest BCUT2D eigenvalue weighted by Crippen LogP contribution is -2.40. The maximum absolute atomic E-state index is 3.71. The number of nitrogens with zero attached hydrogens (tertiary/aromatic N) is 1. The first kappa shape index (κ1) is 12.4. The maximum atomic E-state index is 3.71. The van der Waals surface area contributed by atoms with E-state index in [1.54, 1.807) is 0 Å². The van der Waals surface area contributed by atoms with E-state index in [1.165, 1.54) is 64.6 Å². The fraction of sp³-hybridized carbons (Fsp3) is 1.00. The molecule has 0 aromatic heterocycles. The van der Waals surface area contributed by atoms with Gasteiger partial charge in [-0.3, -0.25) is 4.90 Å². The molecule has 0 aromatic rings. The Bertz CT molecular complexity index is 207. The summed E-state index contributed by atoms with van der Waals surface area (Å²) < 4.78 is 0. The average molecular weight is 224 g/mol. The van der Waals surface area contributed by atoms with Crippen LogP contribution in [0.25, 0.3) is 0 Å². The molecular formula is C14H28N2. The van der Waals surface area contributed by atoms with E-state index >= 15 is 0 Å². The van der Waals surface area contributed by atoms with Crippen LogP contribution in [-0.4, -0.2) is 36.1 Å². The van der Waals surface area contributed by atoms with Crippen molar-refractivity contribution in [2.24, 2.45) is 0 Å². The van der Waals surface area contributed by atoms with E-state index in [0.717, 1.165) is 6.04 Å². The minimum absolute atomic E-state index is 0.466. The number of hydrogen-bond donors (Lipinski definition) is 1. The van der Waals surface area contributed by atoms with Crippen LogP contribution in [0.1, 0.15) is 58.8 Å². The number of rotatable bonds is 5. The van der Waals surface area contributed by atoms with Crippen molar-refractivity contribution in [1.29, 1.82) is 0 Å². The zero-order valence-electron chi connectivity index (χ0n) is 11.1. The second kappa shape index (κ2) is 5.50. The molecule has 0 bridgehead atoms. The quantitative estimate of drug-likeness (QED) is 0.722. The van der Waals surface area contributed by atoms with Gasteiger partial charge in [0, 0.05) is 11.6 Å². The third-order valence-corrected chi connectivity index (χ3v) is 4.47. The largest absolute Gasteiger partial charge is 0.314 e. The summed E-state index contributed by atoms with van der Waals surface area (Å²) in [7, 11) is 0. The van der Waals surface area contributed by atoms with Gasteiger partial charge in [-0.25, -0.2) is 0 Å². The summed E-state index contributed by atoms with van der Waals surface area (Å²) in [5.74, 6) is 0. The zero-order valence-corrected chi connectivity index (χ0v) is 11.1. The van der Waals surface area contributed by atoms with Crippen LogP contribution in [-0.2, 0) is 0 Å². The highest BCUT2D eigenvalue weighted by Gasteiger charge is 2.30. The molecule has 1 aliphatic carbocycles. The molecule has 1 saturated carbocycles. The van der Waals surface area contributed by atoms with Gasteiger partial charge in [0.2, 0.25) is 0 Å². The summed E-state index contributed by atoms with van der Waals surface area (Å²) in [4.78, 5) is 2.67. The lowest BCUT2D eigenvalue weighted by molar-refractivity contribution is 0.172. The predicted molar refractivity (Wildman–Crippen MR) is 69.8 cm³/mol. The van der Waals surface area contributed by atoms with Crippen LogP contribution in [0.4, 0.5) is 0 Å². The third kappa shape index (κ3) is 3.21. The molecule has 1 saturated heterocycles. The fourth-order valence-electron chi connectivity index (χ4n) is 3.28. The van der Waals surface area contributed by atoms with Crippen molar-refractivity contribution in [3.63, 3.8) is 0 Å². The lowest BCUT2D eigenvalue weighted by atomic mass is 10.0. The lowest BCUT2D eigenvalue weighted by Gasteiger charge is -2.31. The third-order valence-electron chi connectivity index (χ3n) is 4.47. The molecule has 1 aliphatic heterocycles. The molecule has 2 rings (SSSR count). The summed E-state index contributed by atoms with van der Waals surface area (Å²) in [6, 6.07) is 0.839. The minimum Gasteiger partial charge on any atom is -0.314 e. The smallest absolute Gasteiger partial charge is 0.0153 e. The van der Waals surface area contributed by atoms with Gasteiger partial charge in [-0.15, -0.1) is 0 Å². The van der Waals surface area contributed by atoms with Crippen molar-refractivity contribution < 1.29 is 0 Å². The van der Waals surface area contributed by atoms with E-state index in [1.807, 2.05) is 0 Å². The van der Waals surface area contributed by atoms with Gasteiger partial charge >= 0.3 is 0 Å². The molecule has 1 heterocycles. The molecule has 2 nitrogen and oxygen atoms in total. The highest BCUT2D eigenvalue weighted by atomic mass is 15.2. The Kier molecular flexibility index (Phi) is 4.26. The highest BCUT2D eigenvalue weighted by molar-refractivity contribution is 4.87. The van der Waals surface area contributed by atoms with E-state index < -0.39 is 0 Å². The Morgan fingerprint density at radius 3 is 2.56 bits per heavy atom. The molecule has 0 radical (unpaired) electrons. The van der Waals surface area contributed by atoms with Crippen LogP contribution < -0.4 is 5.32 Å². The highest BCUT2D eigenvalue weighted by Crippen LogP contribution is 2.27. The molecule has 0 spiro atoms. The summed E-state index contributed by atoms with van der Waals surface area (Å²) in [6.45, 7) is 8.61. The minimum atomic E-state index is 0.466. The van der Waals surface area contributed by atoms with E-state index in [9.17, 15) is 0 Å². The fourth-order valence-corrected chi connectivity index (χ4v) is 3.28. The Morgan fingerprint density at radius 2 is 1.94 bits per heavy atom. The van der Waals surface area contributed by atoms with Crippen molar-refractivity contribution in [1.82, 2.24) is 10.2 Å². The van der Waals surface area contributed by atoms with Gasteiger partial charge < -0.3 is 5.32 Å². The molecule has 94 valence electrons. The molecule has 0 aromatic carbocycles. The van der Waals surface area contributed by atoms with Gasteiger partial charge in [-0.05, 0) is 65.6 Å². The van der Waals surface area contributed by atoms with Crippen molar-refractivity contribution in [2.75, 3.05) is 19.6 Å². The van der Waals surface area contributed by atoms with Crippen LogP contribution >= 0.6 is 0 Å². The zero-order chi connectivity index (χ0) is 11.4. The molecule has 16 heavy (non-hydrogen) atoms. The molecule has 2 heteroatoms. The summed E-state index contributed by atoms with van der Waals surface area (Å²) >= 11 is 0. The second-order valence-corrected chi connectivity index (χ2v) is 6.19. The first-order chi connectivity index (χ1) is 7.68. The Labute approximate surface area is 101 Å². The summed E-state index contributed by atoms with van der Waals surface area (Å²) in [6.07, 6.45) is 9.80. The maximum Gasteiger partial charge on any atom is 0.0153 e. The number of likely N-dealkylation sites (tertiary alicyclic amines) is 1. The van der Waals surface area contributed by atoms with Gasteiger partial charge in [0.1, 0.15) is 0 Å². The van der Waals surface area contributed by atoms with Crippen molar-refractivity contribution in [3.05, 3.63) is 0 Å². The van der Waals surface area contributed by atoms with Gasteiger partial charge in [0.15, 0.2) is 0 Å². The van der Waals surface area contributed by atoms with Crippen molar-refractivity contribution >= 4 is 0 Å². The Balaban J connectivity index is 1.57. The molecule has 0 atom stereocenters. The van der Waals surface area contributed by atoms with E-state index in [4.69, 9.17) is 0 Å². The summed E-state index contributed by atoms with van der Waals surface area (Å²) in [5.41, 5.74) is 0.466. The van der Waals surface area contributed by atoms with E-state index in [0.29, 0.717) is 5.54 Å². The molecular weight excluding hydrogens is 196 g/mol. The molecule has 0 unspecified atom stereocenters. The van der Waals surface area contributed by atoms with Gasteiger partial charge in [-0.2, -0.15) is 0 Å². The van der Waals surface area contributed by atoms with Gasteiger partial charge in [0.25, 0.3) is 0 Å². The van der Waals surface area contributed by atoms with Crippen LogP contribution in [0.15, 0.2) is 0 Å². The van der Waals surface area contributed by atoms with Crippen molar-refractivity contribution in [3.8, 4) is 0 Å². The standard InChI is InChI=1S/C14H28N2/c1-14(2)9-5-11-16(14)12-6-10-15-13-7-3-4-8-13/h13,15H,3-12H2,1-2H3. The molecule has 2 aliphatic rings. The Hall–Kier alpha value is -0.0800. The van der Waals surface area contributed by atoms with Gasteiger partial charge in [0.05, 0.1) is 0 Å². The number of hydrogen-bond acceptors (Lipinski definition) is 2. The monoisotopic (exact) mass is 224 g/mol. The normalized spacial score (nSPS) is 26.6. The van der Waals surface area contributed by atoms with Crippen LogP contribution in [0.3, 0.4) is 0 Å². The summed E-state index contributed by atoms with van der Waals surface area (Å²) in [5, 5.41) is 3.71. The van der Waals surface area contributed by atoms with E-state index in [-0.39, 0.29) is 0 Å². The van der Waals surface area contributed by atoms with Crippen LogP contribution in [0.2, 0.25) is 0 Å². The number of nitrogens with one attached hydrogen (secondary N) is 1. The van der Waals surface area contributed by atoms with Crippen LogP contribution in [0, 0.1) is 0 Å². The second-order valence-electron chi connectivity index (χ2n) is 6.19. The Morgan fingerprint density at radius 1 is 1.19 bits per heavy atom. The first-order valence-electron chi connectivity index (χ1n) is 7.17. The molecule has 1 N–H and O–H groups in total. The molecule has 0 amide bonds. The topological polar surface area (TPSA) is 15.3 Å². The van der Waals surface area contributed by atoms with Gasteiger partial charge in [-0.1, -0.05) is 12.8 Å². The predicted octanol–water partition coefficient (Wildman–Crippen LogP) is 2.78. The first-order valence-corrected chi connectivity index (χ1v) is 7.17.